The number of halogens is 4. The number of likely N-dealkylation sites (tertiary alicyclic amines) is 1. The average Bonchev–Trinajstić information content (AvgIpc) is 3.28. The normalized spacial score (nSPS) is 19.6. The van der Waals surface area contributed by atoms with Crippen LogP contribution >= 0.6 is 11.6 Å². The maximum atomic E-state index is 13.5. The molecule has 2 heterocycles. The lowest BCUT2D eigenvalue weighted by Crippen LogP contribution is -2.47. The third-order valence-electron chi connectivity index (χ3n) is 7.34. The number of amides is 1. The number of benzene rings is 2. The van der Waals surface area contributed by atoms with Crippen LogP contribution in [0.15, 0.2) is 48.7 Å². The highest BCUT2D eigenvalue weighted by atomic mass is 35.5. The zero-order valence-corrected chi connectivity index (χ0v) is 22.9. The number of aromatic nitrogens is 1. The molecule has 4 rings (SSSR count). The first-order valence-electron chi connectivity index (χ1n) is 13.1. The van der Waals surface area contributed by atoms with E-state index >= 15 is 0 Å². The van der Waals surface area contributed by atoms with Gasteiger partial charge < -0.3 is 19.9 Å². The summed E-state index contributed by atoms with van der Waals surface area (Å²) >= 11 is 6.02. The molecule has 1 saturated heterocycles. The first-order chi connectivity index (χ1) is 18.5. The number of esters is 1. The number of rotatable bonds is 8. The summed E-state index contributed by atoms with van der Waals surface area (Å²) in [7, 11) is 0. The molecule has 10 heteroatoms. The van der Waals surface area contributed by atoms with Crippen LogP contribution in [0.4, 0.5) is 13.2 Å². The Hall–Kier alpha value is -3.04. The number of alkyl halides is 3. The van der Waals surface area contributed by atoms with Crippen LogP contribution < -0.4 is 5.32 Å². The summed E-state index contributed by atoms with van der Waals surface area (Å²) < 4.78 is 43.5. The van der Waals surface area contributed by atoms with Gasteiger partial charge in [0.2, 0.25) is 0 Å². The van der Waals surface area contributed by atoms with E-state index in [1.54, 1.807) is 18.2 Å². The molecule has 0 aliphatic carbocycles. The molecule has 0 bridgehead atoms. The Labute approximate surface area is 230 Å². The summed E-state index contributed by atoms with van der Waals surface area (Å²) in [5.74, 6) is -2.25. The van der Waals surface area contributed by atoms with E-state index in [9.17, 15) is 22.8 Å². The first kappa shape index (κ1) is 29.0. The number of piperidine rings is 1. The van der Waals surface area contributed by atoms with Gasteiger partial charge >= 0.3 is 12.1 Å². The first-order valence-corrected chi connectivity index (χ1v) is 13.5. The van der Waals surface area contributed by atoms with Gasteiger partial charge in [-0.05, 0) is 75.8 Å². The number of nitrogens with zero attached hydrogens (tertiary/aromatic N) is 1. The standard InChI is InChI=1S/C29H33ClF3N3O3/c1-17(34-16-25(39-28(38)29(31,32)33)20-9-5-10-22(30)14-20)13-21-15-35-26-23(21)11-6-12-24(26)27(37)36-18(2)7-4-8-19(36)3/h5-6,9-12,14-15,17-19,25,34-35H,4,7-8,13,16H2,1-3H3/t17-,18?,19?,25+/m1/s1. The highest BCUT2D eigenvalue weighted by Crippen LogP contribution is 2.29. The third-order valence-corrected chi connectivity index (χ3v) is 7.57. The molecular formula is C29H33ClF3N3O3. The summed E-state index contributed by atoms with van der Waals surface area (Å²) in [6.45, 7) is 6.03. The Bertz CT molecular complexity index is 1320. The van der Waals surface area contributed by atoms with Crippen LogP contribution in [0.1, 0.15) is 67.6 Å². The van der Waals surface area contributed by atoms with E-state index in [0.29, 0.717) is 22.6 Å². The molecule has 1 aliphatic rings. The van der Waals surface area contributed by atoms with Gasteiger partial charge in [-0.1, -0.05) is 35.9 Å². The second-order valence-electron chi connectivity index (χ2n) is 10.3. The molecule has 2 N–H and O–H groups in total. The Morgan fingerprint density at radius 2 is 1.85 bits per heavy atom. The predicted molar refractivity (Wildman–Crippen MR) is 145 cm³/mol. The van der Waals surface area contributed by atoms with Crippen molar-refractivity contribution in [1.82, 2.24) is 15.2 Å². The van der Waals surface area contributed by atoms with Crippen molar-refractivity contribution in [2.75, 3.05) is 6.54 Å². The van der Waals surface area contributed by atoms with Crippen LogP contribution in [0.3, 0.4) is 0 Å². The molecule has 2 unspecified atom stereocenters. The van der Waals surface area contributed by atoms with Crippen molar-refractivity contribution in [3.63, 3.8) is 0 Å². The second-order valence-corrected chi connectivity index (χ2v) is 10.8. The molecule has 0 saturated carbocycles. The number of H-pyrrole nitrogens is 1. The molecule has 6 nitrogen and oxygen atoms in total. The summed E-state index contributed by atoms with van der Waals surface area (Å²) in [4.78, 5) is 30.3. The van der Waals surface area contributed by atoms with Crippen molar-refractivity contribution in [1.29, 1.82) is 0 Å². The van der Waals surface area contributed by atoms with Crippen molar-refractivity contribution in [2.45, 2.75) is 76.9 Å². The number of carbonyl (C=O) groups is 2. The fraction of sp³-hybridized carbons (Fsp3) is 0.448. The average molecular weight is 564 g/mol. The number of fused-ring (bicyclic) bond motifs is 1. The molecule has 2 aromatic carbocycles. The number of hydrogen-bond acceptors (Lipinski definition) is 4. The van der Waals surface area contributed by atoms with Gasteiger partial charge in [0, 0.05) is 41.3 Å². The number of para-hydroxylation sites is 1. The van der Waals surface area contributed by atoms with Crippen molar-refractivity contribution >= 4 is 34.4 Å². The van der Waals surface area contributed by atoms with Crippen LogP contribution in [0.2, 0.25) is 5.02 Å². The van der Waals surface area contributed by atoms with Crippen LogP contribution in [0, 0.1) is 0 Å². The summed E-state index contributed by atoms with van der Waals surface area (Å²) in [5.41, 5.74) is 2.72. The van der Waals surface area contributed by atoms with Gasteiger partial charge in [0.15, 0.2) is 0 Å². The van der Waals surface area contributed by atoms with Gasteiger partial charge in [-0.15, -0.1) is 0 Å². The van der Waals surface area contributed by atoms with Gasteiger partial charge in [0.05, 0.1) is 11.1 Å². The highest BCUT2D eigenvalue weighted by molar-refractivity contribution is 6.30. The predicted octanol–water partition coefficient (Wildman–Crippen LogP) is 6.59. The van der Waals surface area contributed by atoms with Crippen LogP contribution in [0.25, 0.3) is 10.9 Å². The minimum absolute atomic E-state index is 0.00992. The minimum Gasteiger partial charge on any atom is -0.449 e. The summed E-state index contributed by atoms with van der Waals surface area (Å²) in [6, 6.07) is 12.0. The molecule has 39 heavy (non-hydrogen) atoms. The van der Waals surface area contributed by atoms with E-state index in [2.05, 4.69) is 24.1 Å². The van der Waals surface area contributed by atoms with E-state index < -0.39 is 18.2 Å². The van der Waals surface area contributed by atoms with E-state index in [-0.39, 0.29) is 30.6 Å². The van der Waals surface area contributed by atoms with Gasteiger partial charge in [-0.2, -0.15) is 13.2 Å². The Balaban J connectivity index is 1.48. The van der Waals surface area contributed by atoms with E-state index in [1.165, 1.54) is 6.07 Å². The van der Waals surface area contributed by atoms with Crippen molar-refractivity contribution < 1.29 is 27.5 Å². The van der Waals surface area contributed by atoms with Crippen molar-refractivity contribution in [2.24, 2.45) is 0 Å². The smallest absolute Gasteiger partial charge is 0.449 e. The summed E-state index contributed by atoms with van der Waals surface area (Å²) in [5, 5.41) is 4.43. The Morgan fingerprint density at radius 3 is 2.51 bits per heavy atom. The lowest BCUT2D eigenvalue weighted by molar-refractivity contribution is -0.205. The number of carbonyl (C=O) groups excluding carboxylic acids is 2. The SMILES string of the molecule is CC1CCCC(C)N1C(=O)c1cccc2c(C[C@@H](C)NC[C@H](OC(=O)C(F)(F)F)c3cccc(Cl)c3)c[nH]c12. The Kier molecular flexibility index (Phi) is 8.91. The molecule has 3 aromatic rings. The van der Waals surface area contributed by atoms with E-state index in [0.717, 1.165) is 35.7 Å². The van der Waals surface area contributed by atoms with Crippen molar-refractivity contribution in [3.05, 3.63) is 70.4 Å². The minimum atomic E-state index is -5.11. The Morgan fingerprint density at radius 1 is 1.15 bits per heavy atom. The van der Waals surface area contributed by atoms with Crippen LogP contribution in [-0.4, -0.2) is 52.6 Å². The number of nitrogens with one attached hydrogen (secondary N) is 2. The third kappa shape index (κ3) is 6.76. The largest absolute Gasteiger partial charge is 0.490 e. The topological polar surface area (TPSA) is 74.4 Å². The highest BCUT2D eigenvalue weighted by Gasteiger charge is 2.42. The number of ether oxygens (including phenoxy) is 1. The fourth-order valence-electron chi connectivity index (χ4n) is 5.36. The van der Waals surface area contributed by atoms with Crippen LogP contribution in [0.5, 0.6) is 0 Å². The monoisotopic (exact) mass is 563 g/mol. The molecule has 1 amide bonds. The summed E-state index contributed by atoms with van der Waals surface area (Å²) in [6.07, 6.45) is -0.808. The van der Waals surface area contributed by atoms with Crippen molar-refractivity contribution in [3.8, 4) is 0 Å². The number of aromatic amines is 1. The van der Waals surface area contributed by atoms with E-state index in [4.69, 9.17) is 16.3 Å². The van der Waals surface area contributed by atoms with Gasteiger partial charge in [0.25, 0.3) is 5.91 Å². The zero-order chi connectivity index (χ0) is 28.3. The maximum Gasteiger partial charge on any atom is 0.490 e. The molecule has 1 fully saturated rings. The van der Waals surface area contributed by atoms with Gasteiger partial charge in [-0.3, -0.25) is 4.79 Å². The lowest BCUT2D eigenvalue weighted by atomic mass is 9.95. The second kappa shape index (κ2) is 12.0. The van der Waals surface area contributed by atoms with E-state index in [1.807, 2.05) is 36.2 Å². The molecular weight excluding hydrogens is 531 g/mol. The van der Waals surface area contributed by atoms with Gasteiger partial charge in [-0.25, -0.2) is 4.79 Å². The molecule has 4 atom stereocenters. The quantitative estimate of drug-likeness (QED) is 0.303. The van der Waals surface area contributed by atoms with Gasteiger partial charge in [0.1, 0.15) is 6.10 Å². The molecule has 1 aromatic heterocycles. The number of hydrogen-bond donors (Lipinski definition) is 2. The molecule has 1 aliphatic heterocycles. The molecule has 0 spiro atoms. The fourth-order valence-corrected chi connectivity index (χ4v) is 5.56. The lowest BCUT2D eigenvalue weighted by Gasteiger charge is -2.39. The zero-order valence-electron chi connectivity index (χ0n) is 22.1. The van der Waals surface area contributed by atoms with Crippen LogP contribution in [-0.2, 0) is 16.0 Å². The maximum absolute atomic E-state index is 13.5. The molecule has 210 valence electrons. The molecule has 0 radical (unpaired) electrons.